The van der Waals surface area contributed by atoms with Gasteiger partial charge in [0.1, 0.15) is 17.8 Å². The van der Waals surface area contributed by atoms with Crippen LogP contribution in [0.2, 0.25) is 5.28 Å². The maximum atomic E-state index is 11.5. The fourth-order valence-electron chi connectivity index (χ4n) is 1.56. The van der Waals surface area contributed by atoms with E-state index in [1.54, 1.807) is 27.7 Å². The molecule has 3 N–H and O–H groups in total. The first kappa shape index (κ1) is 17.6. The second-order valence-electron chi connectivity index (χ2n) is 5.57. The van der Waals surface area contributed by atoms with Crippen molar-refractivity contribution in [2.75, 3.05) is 6.54 Å². The van der Waals surface area contributed by atoms with Crippen LogP contribution < -0.4 is 5.32 Å². The molecule has 0 aliphatic rings. The maximum Gasteiger partial charge on any atom is 0.407 e. The highest BCUT2D eigenvalue weighted by molar-refractivity contribution is 6.28. The lowest BCUT2D eigenvalue weighted by Gasteiger charge is -2.22. The zero-order valence-corrected chi connectivity index (χ0v) is 13.2. The Morgan fingerprint density at radius 2 is 2.10 bits per heavy atom. The van der Waals surface area contributed by atoms with Crippen LogP contribution in [0, 0.1) is 6.92 Å². The molecule has 2 unspecified atom stereocenters. The normalized spacial score (nSPS) is 14.4. The molecule has 0 spiro atoms. The number of hydrogen-bond donors (Lipinski definition) is 3. The van der Waals surface area contributed by atoms with E-state index in [9.17, 15) is 15.0 Å². The van der Waals surface area contributed by atoms with Crippen LogP contribution in [0.25, 0.3) is 0 Å². The molecule has 2 atom stereocenters. The Balaban J connectivity index is 2.59. The van der Waals surface area contributed by atoms with E-state index in [1.165, 1.54) is 6.20 Å². The number of rotatable bonds is 4. The number of aryl methyl sites for hydroxylation is 1. The molecule has 1 amide bonds. The van der Waals surface area contributed by atoms with E-state index >= 15 is 0 Å². The molecular formula is C13H20ClN3O4. The first-order valence-electron chi connectivity index (χ1n) is 6.42. The van der Waals surface area contributed by atoms with Crippen LogP contribution in [-0.4, -0.2) is 44.5 Å². The number of nitrogens with one attached hydrogen (secondary N) is 1. The Labute approximate surface area is 128 Å². The van der Waals surface area contributed by atoms with Crippen molar-refractivity contribution in [1.29, 1.82) is 0 Å². The summed E-state index contributed by atoms with van der Waals surface area (Å²) in [7, 11) is 0. The van der Waals surface area contributed by atoms with E-state index in [0.29, 0.717) is 11.3 Å². The molecule has 1 aromatic heterocycles. The van der Waals surface area contributed by atoms with E-state index < -0.39 is 23.9 Å². The van der Waals surface area contributed by atoms with Crippen molar-refractivity contribution in [2.24, 2.45) is 0 Å². The summed E-state index contributed by atoms with van der Waals surface area (Å²) in [6.07, 6.45) is -1.79. The van der Waals surface area contributed by atoms with Crippen molar-refractivity contribution in [3.05, 3.63) is 22.7 Å². The van der Waals surface area contributed by atoms with Gasteiger partial charge in [0.25, 0.3) is 0 Å². The topological polar surface area (TPSA) is 105 Å². The van der Waals surface area contributed by atoms with Gasteiger partial charge in [-0.3, -0.25) is 0 Å². The second kappa shape index (κ2) is 7.02. The van der Waals surface area contributed by atoms with Crippen molar-refractivity contribution >= 4 is 17.7 Å². The smallest absolute Gasteiger partial charge is 0.407 e. The number of aromatic nitrogens is 2. The van der Waals surface area contributed by atoms with Crippen molar-refractivity contribution in [1.82, 2.24) is 15.3 Å². The number of amides is 1. The first-order chi connectivity index (χ1) is 9.60. The van der Waals surface area contributed by atoms with Crippen LogP contribution in [0.4, 0.5) is 4.79 Å². The summed E-state index contributed by atoms with van der Waals surface area (Å²) in [4.78, 5) is 19.1. The Morgan fingerprint density at radius 1 is 1.48 bits per heavy atom. The van der Waals surface area contributed by atoms with Crippen LogP contribution in [0.15, 0.2) is 6.20 Å². The van der Waals surface area contributed by atoms with Crippen LogP contribution in [0.3, 0.4) is 0 Å². The summed E-state index contributed by atoms with van der Waals surface area (Å²) in [6, 6.07) is 0. The number of carbonyl (C=O) groups is 1. The van der Waals surface area contributed by atoms with E-state index in [1.807, 2.05) is 0 Å². The highest BCUT2D eigenvalue weighted by Gasteiger charge is 2.23. The SMILES string of the molecule is Cc1nc(Cl)ncc1C(O)C(O)CNC(=O)OC(C)(C)C. The van der Waals surface area contributed by atoms with Crippen LogP contribution in [-0.2, 0) is 4.74 Å². The minimum Gasteiger partial charge on any atom is -0.444 e. The number of aliphatic hydroxyl groups excluding tert-OH is 2. The second-order valence-corrected chi connectivity index (χ2v) is 5.91. The molecule has 7 nitrogen and oxygen atoms in total. The third kappa shape index (κ3) is 5.82. The molecule has 0 bridgehead atoms. The van der Waals surface area contributed by atoms with E-state index in [4.69, 9.17) is 16.3 Å². The third-order valence-electron chi connectivity index (χ3n) is 2.53. The van der Waals surface area contributed by atoms with Gasteiger partial charge in [-0.15, -0.1) is 0 Å². The molecular weight excluding hydrogens is 298 g/mol. The third-order valence-corrected chi connectivity index (χ3v) is 2.71. The zero-order chi connectivity index (χ0) is 16.2. The Kier molecular flexibility index (Phi) is 5.88. The highest BCUT2D eigenvalue weighted by Crippen LogP contribution is 2.19. The van der Waals surface area contributed by atoms with E-state index in [-0.39, 0.29) is 11.8 Å². The van der Waals surface area contributed by atoms with Crippen molar-refractivity contribution in [3.63, 3.8) is 0 Å². The lowest BCUT2D eigenvalue weighted by atomic mass is 10.1. The predicted molar refractivity (Wildman–Crippen MR) is 77.0 cm³/mol. The number of ether oxygens (including phenoxy) is 1. The van der Waals surface area contributed by atoms with Gasteiger partial charge >= 0.3 is 6.09 Å². The van der Waals surface area contributed by atoms with Crippen molar-refractivity contribution < 1.29 is 19.7 Å². The molecule has 0 saturated heterocycles. The molecule has 0 aliphatic carbocycles. The molecule has 1 heterocycles. The summed E-state index contributed by atoms with van der Waals surface area (Å²) in [6.45, 7) is 6.66. The average molecular weight is 318 g/mol. The minimum atomic E-state index is -1.24. The van der Waals surface area contributed by atoms with Gasteiger partial charge in [0, 0.05) is 24.0 Å². The summed E-state index contributed by atoms with van der Waals surface area (Å²) < 4.78 is 5.03. The van der Waals surface area contributed by atoms with Gasteiger partial charge in [-0.1, -0.05) is 0 Å². The van der Waals surface area contributed by atoms with E-state index in [0.717, 1.165) is 0 Å². The standard InChI is InChI=1S/C13H20ClN3O4/c1-7-8(5-15-11(14)17-7)10(19)9(18)6-16-12(20)21-13(2,3)4/h5,9-10,18-19H,6H2,1-4H3,(H,16,20). The number of hydrogen-bond acceptors (Lipinski definition) is 6. The number of carbonyl (C=O) groups excluding carboxylic acids is 1. The van der Waals surface area contributed by atoms with Crippen LogP contribution >= 0.6 is 11.6 Å². The van der Waals surface area contributed by atoms with Crippen molar-refractivity contribution in [2.45, 2.75) is 45.5 Å². The zero-order valence-electron chi connectivity index (χ0n) is 12.4. The summed E-state index contributed by atoms with van der Waals surface area (Å²) in [5.41, 5.74) is 0.172. The van der Waals surface area contributed by atoms with Gasteiger partial charge in [0.15, 0.2) is 0 Å². The van der Waals surface area contributed by atoms with Crippen LogP contribution in [0.1, 0.15) is 38.1 Å². The Morgan fingerprint density at radius 3 is 2.62 bits per heavy atom. The fraction of sp³-hybridized carbons (Fsp3) is 0.615. The van der Waals surface area contributed by atoms with Crippen molar-refractivity contribution in [3.8, 4) is 0 Å². The molecule has 1 rings (SSSR count). The summed E-state index contributed by atoms with van der Waals surface area (Å²) in [5, 5.41) is 22.4. The number of aliphatic hydroxyl groups is 2. The number of alkyl carbamates (subject to hydrolysis) is 1. The summed E-state index contributed by atoms with van der Waals surface area (Å²) in [5.74, 6) is 0. The minimum absolute atomic E-state index is 0.0600. The molecule has 118 valence electrons. The number of nitrogens with zero attached hydrogens (tertiary/aromatic N) is 2. The Bertz CT molecular complexity index is 505. The first-order valence-corrected chi connectivity index (χ1v) is 6.80. The molecule has 0 aliphatic heterocycles. The highest BCUT2D eigenvalue weighted by atomic mass is 35.5. The van der Waals surface area contributed by atoms with Gasteiger partial charge in [0.05, 0.1) is 0 Å². The lowest BCUT2D eigenvalue weighted by Crippen LogP contribution is -2.39. The molecule has 8 heteroatoms. The molecule has 0 fully saturated rings. The average Bonchev–Trinajstić information content (AvgIpc) is 2.33. The van der Waals surface area contributed by atoms with Crippen LogP contribution in [0.5, 0.6) is 0 Å². The van der Waals surface area contributed by atoms with Gasteiger partial charge in [-0.25, -0.2) is 14.8 Å². The molecule has 21 heavy (non-hydrogen) atoms. The largest absolute Gasteiger partial charge is 0.444 e. The van der Waals surface area contributed by atoms with Gasteiger partial charge in [-0.2, -0.15) is 0 Å². The Hall–Kier alpha value is -1.44. The number of halogens is 1. The van der Waals surface area contributed by atoms with E-state index in [2.05, 4.69) is 15.3 Å². The van der Waals surface area contributed by atoms with Gasteiger partial charge in [0.2, 0.25) is 5.28 Å². The molecule has 0 saturated carbocycles. The summed E-state index contributed by atoms with van der Waals surface area (Å²) >= 11 is 5.63. The predicted octanol–water partition coefficient (Wildman–Crippen LogP) is 1.36. The quantitative estimate of drug-likeness (QED) is 0.724. The molecule has 0 radical (unpaired) electrons. The maximum absolute atomic E-state index is 11.5. The molecule has 1 aromatic rings. The monoisotopic (exact) mass is 317 g/mol. The van der Waals surface area contributed by atoms with Gasteiger partial charge in [-0.05, 0) is 39.3 Å². The lowest BCUT2D eigenvalue weighted by molar-refractivity contribution is 0.0123. The van der Waals surface area contributed by atoms with Gasteiger partial charge < -0.3 is 20.3 Å². The molecule has 0 aromatic carbocycles. The fourth-order valence-corrected chi connectivity index (χ4v) is 1.73.